The molecule has 1 aliphatic heterocycles. The van der Waals surface area contributed by atoms with Crippen molar-refractivity contribution in [2.45, 2.75) is 13.3 Å². The predicted molar refractivity (Wildman–Crippen MR) is 87.3 cm³/mol. The number of hydrogen-bond donors (Lipinski definition) is 1. The SMILES string of the molecule is Cc1cc(C(=O)N2CCC(=O)Nc3ccccc32)ccc1C#N. The van der Waals surface area contributed by atoms with Gasteiger partial charge in [0, 0.05) is 18.5 Å². The first-order valence-corrected chi connectivity index (χ1v) is 7.31. The van der Waals surface area contributed by atoms with E-state index in [0.717, 1.165) is 5.56 Å². The minimum absolute atomic E-state index is 0.108. The molecule has 3 rings (SSSR count). The third-order valence-corrected chi connectivity index (χ3v) is 3.87. The molecule has 0 atom stereocenters. The van der Waals surface area contributed by atoms with Gasteiger partial charge in [0.2, 0.25) is 5.91 Å². The molecule has 1 N–H and O–H groups in total. The Morgan fingerprint density at radius 2 is 2.04 bits per heavy atom. The van der Waals surface area contributed by atoms with E-state index in [1.165, 1.54) is 0 Å². The zero-order valence-corrected chi connectivity index (χ0v) is 12.7. The van der Waals surface area contributed by atoms with Crippen LogP contribution in [0, 0.1) is 18.3 Å². The second kappa shape index (κ2) is 5.93. The molecule has 0 saturated carbocycles. The van der Waals surface area contributed by atoms with Crippen molar-refractivity contribution < 1.29 is 9.59 Å². The number of hydrogen-bond acceptors (Lipinski definition) is 3. The van der Waals surface area contributed by atoms with Crippen molar-refractivity contribution in [2.24, 2.45) is 0 Å². The molecule has 114 valence electrons. The van der Waals surface area contributed by atoms with Crippen molar-refractivity contribution in [2.75, 3.05) is 16.8 Å². The minimum Gasteiger partial charge on any atom is -0.324 e. The summed E-state index contributed by atoms with van der Waals surface area (Å²) in [4.78, 5) is 26.3. The third kappa shape index (κ3) is 2.79. The number of aryl methyl sites for hydroxylation is 1. The van der Waals surface area contributed by atoms with E-state index in [1.807, 2.05) is 18.2 Å². The van der Waals surface area contributed by atoms with E-state index >= 15 is 0 Å². The number of rotatable bonds is 1. The van der Waals surface area contributed by atoms with Crippen molar-refractivity contribution in [1.29, 1.82) is 5.26 Å². The van der Waals surface area contributed by atoms with Crippen LogP contribution in [0.4, 0.5) is 11.4 Å². The van der Waals surface area contributed by atoms with Crippen LogP contribution >= 0.6 is 0 Å². The van der Waals surface area contributed by atoms with Gasteiger partial charge in [-0.2, -0.15) is 5.26 Å². The number of amides is 2. The Balaban J connectivity index is 2.01. The van der Waals surface area contributed by atoms with Crippen LogP contribution in [0.25, 0.3) is 0 Å². The fourth-order valence-corrected chi connectivity index (χ4v) is 2.65. The quantitative estimate of drug-likeness (QED) is 0.880. The summed E-state index contributed by atoms with van der Waals surface area (Å²) in [5.74, 6) is -0.287. The van der Waals surface area contributed by atoms with Crippen molar-refractivity contribution >= 4 is 23.2 Å². The average molecular weight is 305 g/mol. The van der Waals surface area contributed by atoms with E-state index in [9.17, 15) is 9.59 Å². The minimum atomic E-state index is -0.179. The van der Waals surface area contributed by atoms with Gasteiger partial charge in [0.1, 0.15) is 0 Å². The normalized spacial score (nSPS) is 13.6. The molecule has 2 amide bonds. The summed E-state index contributed by atoms with van der Waals surface area (Å²) in [6.07, 6.45) is 0.246. The third-order valence-electron chi connectivity index (χ3n) is 3.87. The molecule has 0 radical (unpaired) electrons. The van der Waals surface area contributed by atoms with E-state index < -0.39 is 0 Å². The van der Waals surface area contributed by atoms with Crippen LogP contribution < -0.4 is 10.2 Å². The highest BCUT2D eigenvalue weighted by Crippen LogP contribution is 2.29. The Bertz CT molecular complexity index is 836. The number of nitrogens with zero attached hydrogens (tertiary/aromatic N) is 2. The largest absolute Gasteiger partial charge is 0.324 e. The number of carbonyl (C=O) groups is 2. The number of nitriles is 1. The van der Waals surface area contributed by atoms with E-state index in [1.54, 1.807) is 36.1 Å². The maximum Gasteiger partial charge on any atom is 0.258 e. The lowest BCUT2D eigenvalue weighted by atomic mass is 10.0. The molecular formula is C18H15N3O2. The molecule has 23 heavy (non-hydrogen) atoms. The second-order valence-corrected chi connectivity index (χ2v) is 5.41. The highest BCUT2D eigenvalue weighted by Gasteiger charge is 2.24. The Hall–Kier alpha value is -3.13. The molecule has 0 bridgehead atoms. The fraction of sp³-hybridized carbons (Fsp3) is 0.167. The van der Waals surface area contributed by atoms with Crippen LogP contribution in [0.2, 0.25) is 0 Å². The smallest absolute Gasteiger partial charge is 0.258 e. The molecule has 0 unspecified atom stereocenters. The maximum atomic E-state index is 12.9. The van der Waals surface area contributed by atoms with Gasteiger partial charge in [0.15, 0.2) is 0 Å². The van der Waals surface area contributed by atoms with Crippen molar-refractivity contribution in [3.05, 3.63) is 59.2 Å². The molecule has 0 fully saturated rings. The highest BCUT2D eigenvalue weighted by molar-refractivity contribution is 6.10. The van der Waals surface area contributed by atoms with Gasteiger partial charge >= 0.3 is 0 Å². The Morgan fingerprint density at radius 1 is 1.26 bits per heavy atom. The Kier molecular flexibility index (Phi) is 3.82. The second-order valence-electron chi connectivity index (χ2n) is 5.41. The van der Waals surface area contributed by atoms with Crippen LogP contribution in [-0.4, -0.2) is 18.4 Å². The molecule has 1 heterocycles. The molecule has 5 heteroatoms. The lowest BCUT2D eigenvalue weighted by Crippen LogP contribution is -2.32. The number of anilines is 2. The number of benzene rings is 2. The van der Waals surface area contributed by atoms with Crippen molar-refractivity contribution in [3.8, 4) is 6.07 Å². The van der Waals surface area contributed by atoms with E-state index in [4.69, 9.17) is 5.26 Å². The molecule has 5 nitrogen and oxygen atoms in total. The maximum absolute atomic E-state index is 12.9. The lowest BCUT2D eigenvalue weighted by molar-refractivity contribution is -0.115. The van der Waals surface area contributed by atoms with E-state index in [0.29, 0.717) is 29.0 Å². The summed E-state index contributed by atoms with van der Waals surface area (Å²) >= 11 is 0. The zero-order chi connectivity index (χ0) is 16.4. The average Bonchev–Trinajstić information content (AvgIpc) is 2.72. The zero-order valence-electron chi connectivity index (χ0n) is 12.7. The lowest BCUT2D eigenvalue weighted by Gasteiger charge is -2.22. The highest BCUT2D eigenvalue weighted by atomic mass is 16.2. The van der Waals surface area contributed by atoms with Crippen LogP contribution in [-0.2, 0) is 4.79 Å². The topological polar surface area (TPSA) is 73.2 Å². The van der Waals surface area contributed by atoms with Crippen molar-refractivity contribution in [1.82, 2.24) is 0 Å². The van der Waals surface area contributed by atoms with E-state index in [2.05, 4.69) is 11.4 Å². The van der Waals surface area contributed by atoms with Crippen LogP contribution in [0.3, 0.4) is 0 Å². The van der Waals surface area contributed by atoms with Gasteiger partial charge in [-0.3, -0.25) is 9.59 Å². The van der Waals surface area contributed by atoms with Gasteiger partial charge in [0.25, 0.3) is 5.91 Å². The van der Waals surface area contributed by atoms with Gasteiger partial charge in [-0.05, 0) is 42.8 Å². The summed E-state index contributed by atoms with van der Waals surface area (Å²) < 4.78 is 0. The molecule has 0 aliphatic carbocycles. The summed E-state index contributed by atoms with van der Waals surface area (Å²) in [6.45, 7) is 2.12. The molecule has 0 spiro atoms. The number of fused-ring (bicyclic) bond motifs is 1. The number of carbonyl (C=O) groups excluding carboxylic acids is 2. The Labute approximate surface area is 134 Å². The van der Waals surface area contributed by atoms with Gasteiger partial charge in [-0.15, -0.1) is 0 Å². The Morgan fingerprint density at radius 3 is 2.78 bits per heavy atom. The molecule has 2 aromatic carbocycles. The van der Waals surface area contributed by atoms with Gasteiger partial charge in [-0.25, -0.2) is 0 Å². The first-order valence-electron chi connectivity index (χ1n) is 7.31. The molecular weight excluding hydrogens is 290 g/mol. The predicted octanol–water partition coefficient (Wildman–Crippen LogP) is 2.86. The summed E-state index contributed by atoms with van der Waals surface area (Å²) in [7, 11) is 0. The number of nitrogens with one attached hydrogen (secondary N) is 1. The molecule has 1 aliphatic rings. The van der Waals surface area contributed by atoms with Crippen molar-refractivity contribution in [3.63, 3.8) is 0 Å². The van der Waals surface area contributed by atoms with Crippen LogP contribution in [0.15, 0.2) is 42.5 Å². The number of para-hydroxylation sites is 2. The summed E-state index contributed by atoms with van der Waals surface area (Å²) in [6, 6.07) is 14.4. The van der Waals surface area contributed by atoms with Crippen LogP contribution in [0.5, 0.6) is 0 Å². The standard InChI is InChI=1S/C18H15N3O2/c1-12-10-13(6-7-14(12)11-19)18(23)21-9-8-17(22)20-15-4-2-3-5-16(15)21/h2-7,10H,8-9H2,1H3,(H,20,22). The molecule has 0 aromatic heterocycles. The summed E-state index contributed by atoms with van der Waals surface area (Å²) in [5.41, 5.74) is 3.13. The van der Waals surface area contributed by atoms with Gasteiger partial charge < -0.3 is 10.2 Å². The first kappa shape index (κ1) is 14.8. The molecule has 2 aromatic rings. The van der Waals surface area contributed by atoms with E-state index in [-0.39, 0.29) is 18.2 Å². The van der Waals surface area contributed by atoms with Gasteiger partial charge in [0.05, 0.1) is 23.0 Å². The summed E-state index contributed by atoms with van der Waals surface area (Å²) in [5, 5.41) is 11.8. The van der Waals surface area contributed by atoms with Crippen LogP contribution in [0.1, 0.15) is 27.9 Å². The first-order chi connectivity index (χ1) is 11.1. The monoisotopic (exact) mass is 305 g/mol. The fourth-order valence-electron chi connectivity index (χ4n) is 2.65. The van der Waals surface area contributed by atoms with Gasteiger partial charge in [-0.1, -0.05) is 12.1 Å². The molecule has 0 saturated heterocycles.